The Kier molecular flexibility index (Phi) is 8.57. The normalized spacial score (nSPS) is 17.6. The zero-order valence-corrected chi connectivity index (χ0v) is 21.4. The van der Waals surface area contributed by atoms with Crippen LogP contribution in [0.25, 0.3) is 5.76 Å². The number of ketones is 1. The Hall–Kier alpha value is -3.32. The number of hydrogen-bond donors (Lipinski definition) is 1. The van der Waals surface area contributed by atoms with E-state index >= 15 is 0 Å². The molecule has 1 aliphatic heterocycles. The number of hydrogen-bond acceptors (Lipinski definition) is 6. The molecule has 0 radical (unpaired) electrons. The number of aliphatic hydroxyl groups is 1. The molecule has 1 N–H and O–H groups in total. The molecule has 2 aromatic rings. The Morgan fingerprint density at radius 2 is 1.43 bits per heavy atom. The molecule has 1 fully saturated rings. The molecule has 0 bridgehead atoms. The van der Waals surface area contributed by atoms with E-state index in [1.807, 2.05) is 71.0 Å². The molecule has 7 heteroatoms. The maximum atomic E-state index is 13.2. The number of aliphatic hydroxyl groups excluding tert-OH is 1. The molecule has 0 aromatic heterocycles. The molecule has 1 heterocycles. The summed E-state index contributed by atoms with van der Waals surface area (Å²) in [6.45, 7) is 8.94. The first-order chi connectivity index (χ1) is 16.6. The number of Topliss-reactive ketones (excluding diaryl/α,β-unsaturated/α-hetero) is 1. The van der Waals surface area contributed by atoms with Crippen molar-refractivity contribution in [1.82, 2.24) is 9.80 Å². The van der Waals surface area contributed by atoms with Gasteiger partial charge in [-0.1, -0.05) is 12.1 Å². The van der Waals surface area contributed by atoms with Crippen molar-refractivity contribution in [1.29, 1.82) is 0 Å². The highest BCUT2D eigenvalue weighted by Crippen LogP contribution is 2.40. The first-order valence-corrected chi connectivity index (χ1v) is 12.0. The van der Waals surface area contributed by atoms with Crippen LogP contribution in [0.1, 0.15) is 51.3 Å². The van der Waals surface area contributed by atoms with Crippen LogP contribution < -0.4 is 9.47 Å². The summed E-state index contributed by atoms with van der Waals surface area (Å²) < 4.78 is 11.4. The third kappa shape index (κ3) is 6.42. The molecule has 0 spiro atoms. The van der Waals surface area contributed by atoms with E-state index in [1.165, 1.54) is 0 Å². The minimum absolute atomic E-state index is 0.0181. The van der Waals surface area contributed by atoms with Gasteiger partial charge in [0.25, 0.3) is 11.7 Å². The van der Waals surface area contributed by atoms with Gasteiger partial charge in [0, 0.05) is 12.1 Å². The van der Waals surface area contributed by atoms with Crippen molar-refractivity contribution < 1.29 is 24.2 Å². The Bertz CT molecular complexity index is 1060. The average molecular weight is 481 g/mol. The van der Waals surface area contributed by atoms with Gasteiger partial charge in [-0.2, -0.15) is 0 Å². The van der Waals surface area contributed by atoms with Crippen LogP contribution in [-0.2, 0) is 9.59 Å². The summed E-state index contributed by atoms with van der Waals surface area (Å²) in [5.41, 5.74) is 1.29. The van der Waals surface area contributed by atoms with Gasteiger partial charge < -0.3 is 24.4 Å². The lowest BCUT2D eigenvalue weighted by atomic mass is 9.95. The standard InChI is InChI=1S/C28H36N2O5/c1-18(2)34-22-12-8-20(9-13-22)25-24(27(32)28(33)30(25)17-7-16-29(5)6)26(31)21-10-14-23(15-11-21)35-19(3)4/h8-15,18-19,25,31H,7,16-17H2,1-6H3/b26-24+/t25-/m0/s1. The summed E-state index contributed by atoms with van der Waals surface area (Å²) in [5, 5.41) is 11.2. The van der Waals surface area contributed by atoms with Crippen LogP contribution in [-0.4, -0.2) is 66.0 Å². The topological polar surface area (TPSA) is 79.3 Å². The van der Waals surface area contributed by atoms with E-state index in [4.69, 9.17) is 9.47 Å². The highest BCUT2D eigenvalue weighted by Gasteiger charge is 2.45. The number of amides is 1. The summed E-state index contributed by atoms with van der Waals surface area (Å²) in [5.74, 6) is -0.103. The van der Waals surface area contributed by atoms with Gasteiger partial charge >= 0.3 is 0 Å². The van der Waals surface area contributed by atoms with Crippen LogP contribution in [0.5, 0.6) is 11.5 Å². The van der Waals surface area contributed by atoms with Crippen LogP contribution >= 0.6 is 0 Å². The smallest absolute Gasteiger partial charge is 0.295 e. The molecular formula is C28H36N2O5. The lowest BCUT2D eigenvalue weighted by Crippen LogP contribution is -2.32. The van der Waals surface area contributed by atoms with Crippen molar-refractivity contribution in [3.05, 3.63) is 65.2 Å². The number of ether oxygens (including phenoxy) is 2. The predicted molar refractivity (Wildman–Crippen MR) is 137 cm³/mol. The molecule has 35 heavy (non-hydrogen) atoms. The molecule has 7 nitrogen and oxygen atoms in total. The van der Waals surface area contributed by atoms with Crippen LogP contribution in [0.3, 0.4) is 0 Å². The number of nitrogens with zero attached hydrogens (tertiary/aromatic N) is 2. The van der Waals surface area contributed by atoms with E-state index in [-0.39, 0.29) is 23.5 Å². The fraction of sp³-hybridized carbons (Fsp3) is 0.429. The van der Waals surface area contributed by atoms with Crippen molar-refractivity contribution in [3.8, 4) is 11.5 Å². The van der Waals surface area contributed by atoms with Gasteiger partial charge in [0.1, 0.15) is 17.3 Å². The molecule has 3 rings (SSSR count). The summed E-state index contributed by atoms with van der Waals surface area (Å²) in [6, 6.07) is 13.6. The molecule has 0 saturated carbocycles. The van der Waals surface area contributed by atoms with Gasteiger partial charge in [0.15, 0.2) is 0 Å². The van der Waals surface area contributed by atoms with E-state index in [2.05, 4.69) is 0 Å². The largest absolute Gasteiger partial charge is 0.507 e. The van der Waals surface area contributed by atoms with Crippen LogP contribution in [0.2, 0.25) is 0 Å². The molecule has 0 unspecified atom stereocenters. The Morgan fingerprint density at radius 3 is 1.91 bits per heavy atom. The van der Waals surface area contributed by atoms with E-state index in [1.54, 1.807) is 29.2 Å². The second-order valence-electron chi connectivity index (χ2n) is 9.58. The lowest BCUT2D eigenvalue weighted by molar-refractivity contribution is -0.139. The van der Waals surface area contributed by atoms with Crippen LogP contribution in [0.15, 0.2) is 54.1 Å². The number of likely N-dealkylation sites (tertiary alicyclic amines) is 1. The van der Waals surface area contributed by atoms with Crippen molar-refractivity contribution in [2.75, 3.05) is 27.2 Å². The zero-order chi connectivity index (χ0) is 25.7. The fourth-order valence-corrected chi connectivity index (χ4v) is 4.13. The number of benzene rings is 2. The first kappa shape index (κ1) is 26.3. The second-order valence-corrected chi connectivity index (χ2v) is 9.58. The van der Waals surface area contributed by atoms with Gasteiger partial charge in [0.05, 0.1) is 23.8 Å². The minimum Gasteiger partial charge on any atom is -0.507 e. The monoisotopic (exact) mass is 480 g/mol. The molecule has 0 aliphatic carbocycles. The lowest BCUT2D eigenvalue weighted by Gasteiger charge is -2.26. The van der Waals surface area contributed by atoms with Gasteiger partial charge in [0.2, 0.25) is 0 Å². The van der Waals surface area contributed by atoms with Crippen molar-refractivity contribution in [2.24, 2.45) is 0 Å². The molecule has 188 valence electrons. The van der Waals surface area contributed by atoms with Crippen LogP contribution in [0, 0.1) is 0 Å². The Balaban J connectivity index is 2.02. The van der Waals surface area contributed by atoms with E-state index in [0.29, 0.717) is 30.0 Å². The quantitative estimate of drug-likeness (QED) is 0.303. The molecule has 1 saturated heterocycles. The second kappa shape index (κ2) is 11.4. The third-order valence-electron chi connectivity index (χ3n) is 5.61. The minimum atomic E-state index is -0.683. The maximum absolute atomic E-state index is 13.2. The van der Waals surface area contributed by atoms with Gasteiger partial charge in [-0.25, -0.2) is 0 Å². The summed E-state index contributed by atoms with van der Waals surface area (Å²) >= 11 is 0. The molecule has 1 amide bonds. The predicted octanol–water partition coefficient (Wildman–Crippen LogP) is 4.63. The summed E-state index contributed by atoms with van der Waals surface area (Å²) in [7, 11) is 3.93. The molecular weight excluding hydrogens is 444 g/mol. The summed E-state index contributed by atoms with van der Waals surface area (Å²) in [6.07, 6.45) is 0.747. The third-order valence-corrected chi connectivity index (χ3v) is 5.61. The average Bonchev–Trinajstić information content (AvgIpc) is 3.04. The Morgan fingerprint density at radius 1 is 0.914 bits per heavy atom. The van der Waals surface area contributed by atoms with Gasteiger partial charge in [-0.15, -0.1) is 0 Å². The van der Waals surface area contributed by atoms with E-state index in [0.717, 1.165) is 12.1 Å². The van der Waals surface area contributed by atoms with Crippen molar-refractivity contribution in [2.45, 2.75) is 52.4 Å². The van der Waals surface area contributed by atoms with Crippen molar-refractivity contribution in [3.63, 3.8) is 0 Å². The SMILES string of the molecule is CC(C)Oc1ccc(/C(O)=C2\C(=O)C(=O)N(CCCN(C)C)[C@H]2c2ccc(OC(C)C)cc2)cc1. The highest BCUT2D eigenvalue weighted by atomic mass is 16.5. The zero-order valence-electron chi connectivity index (χ0n) is 21.4. The Labute approximate surface area is 207 Å². The van der Waals surface area contributed by atoms with E-state index < -0.39 is 17.7 Å². The molecule has 2 aromatic carbocycles. The van der Waals surface area contributed by atoms with E-state index in [9.17, 15) is 14.7 Å². The fourth-order valence-electron chi connectivity index (χ4n) is 4.13. The van der Waals surface area contributed by atoms with Gasteiger partial charge in [-0.05, 0) is 96.7 Å². The van der Waals surface area contributed by atoms with Crippen LogP contribution in [0.4, 0.5) is 0 Å². The maximum Gasteiger partial charge on any atom is 0.295 e. The number of rotatable bonds is 10. The van der Waals surface area contributed by atoms with Gasteiger partial charge in [-0.3, -0.25) is 9.59 Å². The highest BCUT2D eigenvalue weighted by molar-refractivity contribution is 6.46. The number of carbonyl (C=O) groups is 2. The molecule has 1 atom stereocenters. The first-order valence-electron chi connectivity index (χ1n) is 12.0. The molecule has 1 aliphatic rings. The summed E-state index contributed by atoms with van der Waals surface area (Å²) in [4.78, 5) is 29.8. The number of carbonyl (C=O) groups excluding carboxylic acids is 2. The van der Waals surface area contributed by atoms with Crippen molar-refractivity contribution >= 4 is 17.4 Å².